The minimum atomic E-state index is -0.538. The van der Waals surface area contributed by atoms with Crippen molar-refractivity contribution < 1.29 is 9.72 Å². The molecule has 2 rings (SSSR count). The van der Waals surface area contributed by atoms with Crippen molar-refractivity contribution in [3.63, 3.8) is 0 Å². The van der Waals surface area contributed by atoms with Crippen molar-refractivity contribution in [2.24, 2.45) is 18.9 Å². The predicted octanol–water partition coefficient (Wildman–Crippen LogP) is 2.19. The molecule has 1 heterocycles. The van der Waals surface area contributed by atoms with Gasteiger partial charge in [-0.3, -0.25) is 19.6 Å². The smallest absolute Gasteiger partial charge is 0.322 e. The summed E-state index contributed by atoms with van der Waals surface area (Å²) in [7, 11) is 1.56. The molecule has 0 unspecified atom stereocenters. The Morgan fingerprint density at radius 2 is 2.10 bits per heavy atom. The number of hydrogen-bond donors (Lipinski definition) is 1. The molecule has 7 nitrogen and oxygen atoms in total. The van der Waals surface area contributed by atoms with Gasteiger partial charge in [0.15, 0.2) is 0 Å². The van der Waals surface area contributed by atoms with Crippen LogP contribution in [-0.2, 0) is 7.05 Å². The Balaban J connectivity index is 2.23. The number of aryl methyl sites for hydroxylation is 2. The van der Waals surface area contributed by atoms with Crippen LogP contribution in [0, 0.1) is 28.9 Å². The van der Waals surface area contributed by atoms with E-state index >= 15 is 0 Å². The highest BCUT2D eigenvalue weighted by Crippen LogP contribution is 2.30. The summed E-state index contributed by atoms with van der Waals surface area (Å²) in [5.74, 6) is 0.513. The number of nitrogens with zero attached hydrogens (tertiary/aromatic N) is 3. The third kappa shape index (κ3) is 2.91. The third-order valence-corrected chi connectivity index (χ3v) is 4.61. The van der Waals surface area contributed by atoms with Crippen molar-refractivity contribution in [1.82, 2.24) is 15.1 Å². The average molecular weight is 294 g/mol. The quantitative estimate of drug-likeness (QED) is 0.683. The molecule has 21 heavy (non-hydrogen) atoms. The van der Waals surface area contributed by atoms with Crippen LogP contribution in [0.2, 0.25) is 0 Å². The largest absolute Gasteiger partial charge is 0.347 e. The number of nitrogens with one attached hydrogen (secondary N) is 1. The Bertz CT molecular complexity index is 567. The summed E-state index contributed by atoms with van der Waals surface area (Å²) in [5.41, 5.74) is 0.0900. The van der Waals surface area contributed by atoms with Crippen LogP contribution in [-0.4, -0.2) is 26.7 Å². The van der Waals surface area contributed by atoms with E-state index in [0.29, 0.717) is 11.8 Å². The lowest BCUT2D eigenvalue weighted by atomic mass is 9.78. The number of carbonyl (C=O) groups excluding carboxylic acids is 1. The summed E-state index contributed by atoms with van der Waals surface area (Å²) in [4.78, 5) is 23.1. The van der Waals surface area contributed by atoms with E-state index < -0.39 is 10.8 Å². The van der Waals surface area contributed by atoms with Gasteiger partial charge in [-0.1, -0.05) is 26.7 Å². The molecule has 0 radical (unpaired) electrons. The fourth-order valence-corrected chi connectivity index (χ4v) is 3.14. The van der Waals surface area contributed by atoms with Crippen LogP contribution in [0.3, 0.4) is 0 Å². The molecule has 7 heteroatoms. The normalized spacial score (nSPS) is 25.6. The third-order valence-electron chi connectivity index (χ3n) is 4.61. The second-order valence-corrected chi connectivity index (χ2v) is 6.01. The van der Waals surface area contributed by atoms with E-state index in [1.807, 2.05) is 0 Å². The fraction of sp³-hybridized carbons (Fsp3) is 0.714. The van der Waals surface area contributed by atoms with Gasteiger partial charge in [-0.2, -0.15) is 5.10 Å². The van der Waals surface area contributed by atoms with E-state index in [2.05, 4.69) is 24.3 Å². The average Bonchev–Trinajstić information content (AvgIpc) is 2.70. The molecule has 1 aromatic heterocycles. The van der Waals surface area contributed by atoms with E-state index in [4.69, 9.17) is 0 Å². The molecule has 1 fully saturated rings. The van der Waals surface area contributed by atoms with Gasteiger partial charge >= 0.3 is 5.69 Å². The zero-order valence-electron chi connectivity index (χ0n) is 12.9. The first-order valence-electron chi connectivity index (χ1n) is 7.31. The molecular weight excluding hydrogens is 272 g/mol. The van der Waals surface area contributed by atoms with E-state index in [9.17, 15) is 14.9 Å². The lowest BCUT2D eigenvalue weighted by Gasteiger charge is -2.34. The topological polar surface area (TPSA) is 90.1 Å². The highest BCUT2D eigenvalue weighted by atomic mass is 16.6. The Hall–Kier alpha value is -1.92. The van der Waals surface area contributed by atoms with Gasteiger partial charge in [0.25, 0.3) is 5.91 Å². The van der Waals surface area contributed by atoms with Crippen molar-refractivity contribution in [2.75, 3.05) is 0 Å². The molecule has 1 aromatic rings. The van der Waals surface area contributed by atoms with Gasteiger partial charge in [-0.15, -0.1) is 0 Å². The molecule has 0 saturated heterocycles. The number of rotatable bonds is 3. The Kier molecular flexibility index (Phi) is 4.29. The predicted molar refractivity (Wildman–Crippen MR) is 78.0 cm³/mol. The first-order valence-corrected chi connectivity index (χ1v) is 7.31. The van der Waals surface area contributed by atoms with Crippen LogP contribution < -0.4 is 5.32 Å². The van der Waals surface area contributed by atoms with Gasteiger partial charge < -0.3 is 5.32 Å². The van der Waals surface area contributed by atoms with Gasteiger partial charge in [-0.25, -0.2) is 0 Å². The maximum Gasteiger partial charge on any atom is 0.322 e. The Morgan fingerprint density at radius 1 is 1.43 bits per heavy atom. The molecule has 0 bridgehead atoms. The van der Waals surface area contributed by atoms with Crippen LogP contribution in [0.4, 0.5) is 5.69 Å². The number of nitro groups is 1. The molecule has 0 spiro atoms. The molecule has 116 valence electrons. The molecule has 0 aromatic carbocycles. The summed E-state index contributed by atoms with van der Waals surface area (Å²) < 4.78 is 1.29. The molecule has 1 N–H and O–H groups in total. The maximum absolute atomic E-state index is 12.4. The second-order valence-electron chi connectivity index (χ2n) is 6.01. The molecular formula is C14H22N4O3. The van der Waals surface area contributed by atoms with Gasteiger partial charge in [0.1, 0.15) is 5.69 Å². The van der Waals surface area contributed by atoms with Crippen LogP contribution in [0.1, 0.15) is 49.3 Å². The van der Waals surface area contributed by atoms with Crippen molar-refractivity contribution >= 4 is 11.6 Å². The molecule has 1 aliphatic carbocycles. The monoisotopic (exact) mass is 294 g/mol. The van der Waals surface area contributed by atoms with Crippen LogP contribution in [0.25, 0.3) is 0 Å². The van der Waals surface area contributed by atoms with E-state index in [1.165, 1.54) is 11.1 Å². The number of amides is 1. The zero-order chi connectivity index (χ0) is 15.7. The van der Waals surface area contributed by atoms with Gasteiger partial charge in [-0.05, 0) is 25.2 Å². The first-order chi connectivity index (χ1) is 9.82. The molecule has 1 aliphatic rings. The molecule has 1 saturated carbocycles. The number of carbonyl (C=O) groups is 1. The highest BCUT2D eigenvalue weighted by Gasteiger charge is 2.33. The first kappa shape index (κ1) is 15.5. The van der Waals surface area contributed by atoms with Gasteiger partial charge in [0.2, 0.25) is 5.69 Å². The van der Waals surface area contributed by atoms with Gasteiger partial charge in [0, 0.05) is 13.1 Å². The van der Waals surface area contributed by atoms with Crippen LogP contribution >= 0.6 is 0 Å². The second kappa shape index (κ2) is 5.83. The van der Waals surface area contributed by atoms with Crippen molar-refractivity contribution in [1.29, 1.82) is 0 Å². The van der Waals surface area contributed by atoms with E-state index in [0.717, 1.165) is 12.8 Å². The minimum absolute atomic E-state index is 0.0305. The highest BCUT2D eigenvalue weighted by molar-refractivity contribution is 5.97. The van der Waals surface area contributed by atoms with Crippen molar-refractivity contribution in [3.05, 3.63) is 21.5 Å². The Labute approximate surface area is 123 Å². The van der Waals surface area contributed by atoms with Crippen molar-refractivity contribution in [2.45, 2.75) is 46.1 Å². The van der Waals surface area contributed by atoms with Crippen LogP contribution in [0.5, 0.6) is 0 Å². The summed E-state index contributed by atoms with van der Waals surface area (Å²) in [6.07, 6.45) is 3.16. The maximum atomic E-state index is 12.4. The van der Waals surface area contributed by atoms with Crippen LogP contribution in [0.15, 0.2) is 0 Å². The van der Waals surface area contributed by atoms with E-state index in [-0.39, 0.29) is 23.1 Å². The SMILES string of the molecule is Cc1nn(C)c(C(=O)N[C@@H]2CCC[C@@H](C)[C@H]2C)c1[N+](=O)[O-]. The summed E-state index contributed by atoms with van der Waals surface area (Å²) in [5, 5.41) is 18.1. The number of aromatic nitrogens is 2. The standard InChI is InChI=1S/C14H22N4O3/c1-8-6-5-7-11(9(8)2)15-14(19)13-12(18(20)21)10(3)16-17(13)4/h8-9,11H,5-7H2,1-4H3,(H,15,19)/t8-,9-,11-/m1/s1. The summed E-state index contributed by atoms with van der Waals surface area (Å²) in [6.45, 7) is 5.84. The summed E-state index contributed by atoms with van der Waals surface area (Å²) >= 11 is 0. The fourth-order valence-electron chi connectivity index (χ4n) is 3.14. The van der Waals surface area contributed by atoms with Gasteiger partial charge in [0.05, 0.1) is 4.92 Å². The zero-order valence-corrected chi connectivity index (χ0v) is 12.9. The Morgan fingerprint density at radius 3 is 2.71 bits per heavy atom. The lowest BCUT2D eigenvalue weighted by Crippen LogP contribution is -2.44. The molecule has 3 atom stereocenters. The molecule has 1 amide bonds. The lowest BCUT2D eigenvalue weighted by molar-refractivity contribution is -0.385. The van der Waals surface area contributed by atoms with E-state index in [1.54, 1.807) is 14.0 Å². The minimum Gasteiger partial charge on any atom is -0.347 e. The molecule has 0 aliphatic heterocycles. The summed E-state index contributed by atoms with van der Waals surface area (Å²) in [6, 6.07) is 0.0658. The number of hydrogen-bond acceptors (Lipinski definition) is 4. The van der Waals surface area contributed by atoms with Crippen molar-refractivity contribution in [3.8, 4) is 0 Å².